The number of halogens is 1. The Bertz CT molecular complexity index is 396. The number of hydrogen-bond acceptors (Lipinski definition) is 3. The summed E-state index contributed by atoms with van der Waals surface area (Å²) < 4.78 is 7.03. The lowest BCUT2D eigenvalue weighted by molar-refractivity contribution is 0.277. The van der Waals surface area contributed by atoms with Gasteiger partial charge in [0.25, 0.3) is 0 Å². The fourth-order valence-corrected chi connectivity index (χ4v) is 2.36. The molecule has 0 fully saturated rings. The van der Waals surface area contributed by atoms with Crippen LogP contribution in [0, 0.1) is 0 Å². The van der Waals surface area contributed by atoms with E-state index in [-0.39, 0.29) is 0 Å². The van der Waals surface area contributed by atoms with Gasteiger partial charge in [0, 0.05) is 22.6 Å². The molecule has 114 valence electrons. The van der Waals surface area contributed by atoms with Crippen LogP contribution in [-0.4, -0.2) is 38.7 Å². The molecule has 0 aliphatic rings. The van der Waals surface area contributed by atoms with Crippen molar-refractivity contribution in [3.05, 3.63) is 28.2 Å². The van der Waals surface area contributed by atoms with Gasteiger partial charge in [0.2, 0.25) is 0 Å². The van der Waals surface area contributed by atoms with Crippen molar-refractivity contribution in [2.45, 2.75) is 32.7 Å². The van der Waals surface area contributed by atoms with Gasteiger partial charge in [-0.3, -0.25) is 0 Å². The summed E-state index contributed by atoms with van der Waals surface area (Å²) in [5.74, 6) is 0.981. The van der Waals surface area contributed by atoms with Crippen molar-refractivity contribution >= 4 is 15.9 Å². The highest BCUT2D eigenvalue weighted by Gasteiger charge is 2.11. The smallest absolute Gasteiger partial charge is 0.125 e. The van der Waals surface area contributed by atoms with Crippen LogP contribution < -0.4 is 10.1 Å². The highest BCUT2D eigenvalue weighted by atomic mass is 79.9. The van der Waals surface area contributed by atoms with E-state index in [2.05, 4.69) is 72.3 Å². The summed E-state index contributed by atoms with van der Waals surface area (Å²) in [6, 6.07) is 6.59. The lowest BCUT2D eigenvalue weighted by atomic mass is 10.1. The Hall–Kier alpha value is -0.580. The van der Waals surface area contributed by atoms with Gasteiger partial charge < -0.3 is 15.0 Å². The van der Waals surface area contributed by atoms with Crippen LogP contribution in [-0.2, 0) is 0 Å². The number of rotatable bonds is 9. The molecule has 0 heterocycles. The van der Waals surface area contributed by atoms with E-state index < -0.39 is 0 Å². The molecule has 3 nitrogen and oxygen atoms in total. The van der Waals surface area contributed by atoms with Gasteiger partial charge in [-0.15, -0.1) is 0 Å². The minimum Gasteiger partial charge on any atom is -0.493 e. The lowest BCUT2D eigenvalue weighted by Crippen LogP contribution is -2.20. The van der Waals surface area contributed by atoms with Gasteiger partial charge in [-0.2, -0.15) is 0 Å². The first-order valence-electron chi connectivity index (χ1n) is 7.35. The molecule has 0 aliphatic carbocycles. The topological polar surface area (TPSA) is 24.5 Å². The van der Waals surface area contributed by atoms with Crippen molar-refractivity contribution in [3.63, 3.8) is 0 Å². The van der Waals surface area contributed by atoms with Crippen LogP contribution in [0.2, 0.25) is 0 Å². The minimum absolute atomic E-state index is 0.312. The highest BCUT2D eigenvalue weighted by molar-refractivity contribution is 9.10. The number of nitrogens with one attached hydrogen (secondary N) is 1. The Morgan fingerprint density at radius 2 is 2.10 bits per heavy atom. The third-order valence-electron chi connectivity index (χ3n) is 3.15. The van der Waals surface area contributed by atoms with Gasteiger partial charge in [-0.1, -0.05) is 28.9 Å². The molecule has 1 N–H and O–H groups in total. The maximum absolute atomic E-state index is 5.97. The Balaban J connectivity index is 2.64. The van der Waals surface area contributed by atoms with E-state index >= 15 is 0 Å². The van der Waals surface area contributed by atoms with E-state index in [1.54, 1.807) is 0 Å². The van der Waals surface area contributed by atoms with Gasteiger partial charge in [-0.25, -0.2) is 0 Å². The molecule has 1 rings (SSSR count). The van der Waals surface area contributed by atoms with Gasteiger partial charge in [0.1, 0.15) is 5.75 Å². The van der Waals surface area contributed by atoms with Crippen LogP contribution in [0.4, 0.5) is 0 Å². The van der Waals surface area contributed by atoms with E-state index in [0.717, 1.165) is 42.8 Å². The van der Waals surface area contributed by atoms with E-state index in [0.29, 0.717) is 6.04 Å². The molecular formula is C16H27BrN2O. The highest BCUT2D eigenvalue weighted by Crippen LogP contribution is 2.28. The fourth-order valence-electron chi connectivity index (χ4n) is 2.02. The van der Waals surface area contributed by atoms with Gasteiger partial charge >= 0.3 is 0 Å². The first-order valence-corrected chi connectivity index (χ1v) is 8.14. The molecule has 0 saturated carbocycles. The molecule has 1 atom stereocenters. The van der Waals surface area contributed by atoms with Crippen LogP contribution >= 0.6 is 15.9 Å². The summed E-state index contributed by atoms with van der Waals surface area (Å²) >= 11 is 3.52. The van der Waals surface area contributed by atoms with Crippen LogP contribution in [0.15, 0.2) is 22.7 Å². The summed E-state index contributed by atoms with van der Waals surface area (Å²) in [6.45, 7) is 7.19. The SMILES string of the molecule is CCCNC(C)c1ccc(Br)cc1OCCCN(C)C. The third-order valence-corrected chi connectivity index (χ3v) is 3.64. The van der Waals surface area contributed by atoms with Crippen molar-refractivity contribution in [1.82, 2.24) is 10.2 Å². The molecule has 0 aromatic heterocycles. The van der Waals surface area contributed by atoms with Crippen molar-refractivity contribution < 1.29 is 4.74 Å². The van der Waals surface area contributed by atoms with Crippen LogP contribution in [0.3, 0.4) is 0 Å². The molecule has 1 aromatic rings. The van der Waals surface area contributed by atoms with Crippen molar-refractivity contribution in [3.8, 4) is 5.75 Å². The molecule has 1 aromatic carbocycles. The summed E-state index contributed by atoms with van der Waals surface area (Å²) in [6.07, 6.45) is 2.18. The van der Waals surface area contributed by atoms with E-state index in [1.165, 1.54) is 5.56 Å². The molecule has 0 amide bonds. The zero-order valence-electron chi connectivity index (χ0n) is 13.1. The maximum Gasteiger partial charge on any atom is 0.125 e. The second-order valence-corrected chi connectivity index (χ2v) is 6.28. The molecule has 0 bridgehead atoms. The molecule has 0 spiro atoms. The summed E-state index contributed by atoms with van der Waals surface area (Å²) in [7, 11) is 4.17. The molecule has 4 heteroatoms. The number of benzene rings is 1. The Kier molecular flexibility index (Phi) is 8.19. The molecule has 0 aliphatic heterocycles. The van der Waals surface area contributed by atoms with E-state index in [1.807, 2.05) is 0 Å². The normalized spacial score (nSPS) is 12.7. The lowest BCUT2D eigenvalue weighted by Gasteiger charge is -2.19. The zero-order valence-corrected chi connectivity index (χ0v) is 14.7. The average Bonchev–Trinajstić information content (AvgIpc) is 2.41. The Morgan fingerprint density at radius 1 is 1.35 bits per heavy atom. The number of nitrogens with zero attached hydrogens (tertiary/aromatic N) is 1. The predicted molar refractivity (Wildman–Crippen MR) is 89.5 cm³/mol. The van der Waals surface area contributed by atoms with Crippen LogP contribution in [0.1, 0.15) is 38.3 Å². The Morgan fingerprint density at radius 3 is 2.75 bits per heavy atom. The molecule has 0 saturated heterocycles. The van der Waals surface area contributed by atoms with Crippen LogP contribution in [0.25, 0.3) is 0 Å². The van der Waals surface area contributed by atoms with Crippen molar-refractivity contribution in [2.75, 3.05) is 33.8 Å². The molecule has 1 unspecified atom stereocenters. The standard InChI is InChI=1S/C16H27BrN2O/c1-5-9-18-13(2)15-8-7-14(17)12-16(15)20-11-6-10-19(3)4/h7-8,12-13,18H,5-6,9-11H2,1-4H3. The fraction of sp³-hybridized carbons (Fsp3) is 0.625. The molecule has 0 radical (unpaired) electrons. The van der Waals surface area contributed by atoms with Crippen molar-refractivity contribution in [2.24, 2.45) is 0 Å². The van der Waals surface area contributed by atoms with E-state index in [9.17, 15) is 0 Å². The number of ether oxygens (including phenoxy) is 1. The summed E-state index contributed by atoms with van der Waals surface area (Å²) in [4.78, 5) is 2.18. The maximum atomic E-state index is 5.97. The first-order chi connectivity index (χ1) is 9.54. The summed E-state index contributed by atoms with van der Waals surface area (Å²) in [5.41, 5.74) is 1.23. The van der Waals surface area contributed by atoms with Gasteiger partial charge in [0.15, 0.2) is 0 Å². The second-order valence-electron chi connectivity index (χ2n) is 5.36. The second kappa shape index (κ2) is 9.37. The number of hydrogen-bond donors (Lipinski definition) is 1. The van der Waals surface area contributed by atoms with Gasteiger partial charge in [-0.05, 0) is 52.5 Å². The van der Waals surface area contributed by atoms with Crippen LogP contribution in [0.5, 0.6) is 5.75 Å². The predicted octanol–water partition coefficient (Wildman–Crippen LogP) is 3.84. The monoisotopic (exact) mass is 342 g/mol. The first kappa shape index (κ1) is 17.5. The van der Waals surface area contributed by atoms with E-state index in [4.69, 9.17) is 4.74 Å². The van der Waals surface area contributed by atoms with Crippen molar-refractivity contribution in [1.29, 1.82) is 0 Å². The quantitative estimate of drug-likeness (QED) is 0.690. The Labute approximate surface area is 131 Å². The molecule has 20 heavy (non-hydrogen) atoms. The molecular weight excluding hydrogens is 316 g/mol. The third kappa shape index (κ3) is 6.25. The minimum atomic E-state index is 0.312. The average molecular weight is 343 g/mol. The van der Waals surface area contributed by atoms with Gasteiger partial charge in [0.05, 0.1) is 6.61 Å². The summed E-state index contributed by atoms with van der Waals surface area (Å²) in [5, 5.41) is 3.51. The zero-order chi connectivity index (χ0) is 15.0. The largest absolute Gasteiger partial charge is 0.493 e.